The van der Waals surface area contributed by atoms with E-state index in [1.165, 1.54) is 6.34 Å². The van der Waals surface area contributed by atoms with Crippen molar-refractivity contribution in [1.29, 1.82) is 0 Å². The molecule has 0 rings (SSSR count). The second kappa shape index (κ2) is 6.09. The average Bonchev–Trinajstić information content (AvgIpc) is 2.02. The summed E-state index contributed by atoms with van der Waals surface area (Å²) in [5.41, 5.74) is 1.04. The quantitative estimate of drug-likeness (QED) is 0.427. The Balaban J connectivity index is 4.07. The second-order valence-electron chi connectivity index (χ2n) is 2.23. The number of aliphatic imine (C=N–C) groups is 1. The Kier molecular flexibility index (Phi) is 5.85. The van der Waals surface area contributed by atoms with Crippen molar-refractivity contribution in [3.63, 3.8) is 0 Å². The van der Waals surface area contributed by atoms with E-state index in [1.54, 1.807) is 0 Å². The molecule has 0 saturated heterocycles. The first-order valence-electron chi connectivity index (χ1n) is 3.56. The Morgan fingerprint density at radius 1 is 1.58 bits per heavy atom. The highest BCUT2D eigenvalue weighted by Gasteiger charge is 1.92. The predicted molar refractivity (Wildman–Crippen MR) is 55.5 cm³/mol. The maximum atomic E-state index is 5.78. The van der Waals surface area contributed by atoms with Gasteiger partial charge >= 0.3 is 0 Å². The van der Waals surface area contributed by atoms with Crippen LogP contribution in [0.3, 0.4) is 0 Å². The minimum atomic E-state index is 0.317. The molecule has 0 unspecified atom stereocenters. The summed E-state index contributed by atoms with van der Waals surface area (Å²) in [6, 6.07) is 0. The summed E-state index contributed by atoms with van der Waals surface area (Å²) >= 11 is 11.2. The van der Waals surface area contributed by atoms with Crippen molar-refractivity contribution in [1.82, 2.24) is 5.32 Å². The lowest BCUT2D eigenvalue weighted by Crippen LogP contribution is -2.04. The first-order valence-corrected chi connectivity index (χ1v) is 4.32. The smallest absolute Gasteiger partial charge is 0.129 e. The van der Waals surface area contributed by atoms with Crippen LogP contribution in [0.5, 0.6) is 0 Å². The predicted octanol–water partition coefficient (Wildman–Crippen LogP) is 3.19. The molecule has 0 heterocycles. The Morgan fingerprint density at radius 3 is 2.58 bits per heavy atom. The standard InChI is InChI=1S/C8H12Cl2N2/c1-4-6(2)8(10)12-5-11-7(3)9/h5H,3-4H2,1-2H3,(H,11,12). The van der Waals surface area contributed by atoms with Crippen molar-refractivity contribution in [2.75, 3.05) is 0 Å². The zero-order valence-electron chi connectivity index (χ0n) is 7.19. The fourth-order valence-corrected chi connectivity index (χ4v) is 0.646. The van der Waals surface area contributed by atoms with E-state index in [-0.39, 0.29) is 0 Å². The highest BCUT2D eigenvalue weighted by atomic mass is 35.5. The molecule has 0 atom stereocenters. The number of hydrogen-bond donors (Lipinski definition) is 1. The summed E-state index contributed by atoms with van der Waals surface area (Å²) in [4.78, 5) is 3.90. The molecule has 0 amide bonds. The van der Waals surface area contributed by atoms with Crippen LogP contribution in [-0.4, -0.2) is 6.34 Å². The molecule has 4 heteroatoms. The van der Waals surface area contributed by atoms with Crippen molar-refractivity contribution >= 4 is 29.5 Å². The van der Waals surface area contributed by atoms with Gasteiger partial charge in [-0.3, -0.25) is 0 Å². The molecule has 0 aromatic carbocycles. The van der Waals surface area contributed by atoms with Crippen LogP contribution in [0, 0.1) is 0 Å². The summed E-state index contributed by atoms with van der Waals surface area (Å²) in [6.45, 7) is 7.36. The maximum Gasteiger partial charge on any atom is 0.129 e. The lowest BCUT2D eigenvalue weighted by molar-refractivity contribution is 1.07. The van der Waals surface area contributed by atoms with Gasteiger partial charge in [0.15, 0.2) is 0 Å². The Hall–Kier alpha value is -0.470. The molecule has 0 aromatic rings. The lowest BCUT2D eigenvalue weighted by Gasteiger charge is -1.96. The van der Waals surface area contributed by atoms with Crippen molar-refractivity contribution < 1.29 is 0 Å². The minimum Gasteiger partial charge on any atom is -0.337 e. The number of nitrogens with zero attached hydrogens (tertiary/aromatic N) is 1. The van der Waals surface area contributed by atoms with Gasteiger partial charge < -0.3 is 5.32 Å². The third-order valence-electron chi connectivity index (χ3n) is 1.28. The van der Waals surface area contributed by atoms with Crippen LogP contribution in [0.2, 0.25) is 0 Å². The van der Waals surface area contributed by atoms with E-state index in [0.717, 1.165) is 12.0 Å². The summed E-state index contributed by atoms with van der Waals surface area (Å²) in [5.74, 6) is 0. The zero-order valence-corrected chi connectivity index (χ0v) is 8.71. The fraction of sp³-hybridized carbons (Fsp3) is 0.375. The van der Waals surface area contributed by atoms with E-state index in [0.29, 0.717) is 10.3 Å². The molecule has 0 bridgehead atoms. The Labute approximate surface area is 83.0 Å². The van der Waals surface area contributed by atoms with Gasteiger partial charge in [0.05, 0.1) is 11.5 Å². The van der Waals surface area contributed by atoms with Gasteiger partial charge in [-0.25, -0.2) is 4.99 Å². The zero-order chi connectivity index (χ0) is 9.56. The van der Waals surface area contributed by atoms with Gasteiger partial charge in [0.25, 0.3) is 0 Å². The van der Waals surface area contributed by atoms with Gasteiger partial charge in [-0.15, -0.1) is 0 Å². The molecule has 0 aliphatic carbocycles. The number of rotatable bonds is 4. The van der Waals surface area contributed by atoms with Gasteiger partial charge in [-0.2, -0.15) is 0 Å². The number of halogens is 2. The SMILES string of the molecule is C=C(Cl)NC=NC(Cl)=C(C)CC. The third-order valence-corrected chi connectivity index (χ3v) is 1.81. The van der Waals surface area contributed by atoms with E-state index >= 15 is 0 Å². The van der Waals surface area contributed by atoms with E-state index in [1.807, 2.05) is 13.8 Å². The van der Waals surface area contributed by atoms with E-state index < -0.39 is 0 Å². The van der Waals surface area contributed by atoms with E-state index in [4.69, 9.17) is 23.2 Å². The molecule has 0 spiro atoms. The molecular formula is C8H12Cl2N2. The second-order valence-corrected chi connectivity index (χ2v) is 3.05. The highest BCUT2D eigenvalue weighted by Crippen LogP contribution is 2.12. The molecule has 0 fully saturated rings. The van der Waals surface area contributed by atoms with Gasteiger partial charge in [-0.05, 0) is 18.9 Å². The maximum absolute atomic E-state index is 5.78. The molecule has 0 radical (unpaired) electrons. The summed E-state index contributed by atoms with van der Waals surface area (Å²) in [7, 11) is 0. The molecule has 68 valence electrons. The first kappa shape index (κ1) is 11.5. The number of hydrogen-bond acceptors (Lipinski definition) is 1. The Morgan fingerprint density at radius 2 is 2.17 bits per heavy atom. The van der Waals surface area contributed by atoms with Crippen molar-refractivity contribution in [3.05, 3.63) is 22.5 Å². The van der Waals surface area contributed by atoms with E-state index in [2.05, 4.69) is 16.9 Å². The first-order chi connectivity index (χ1) is 5.57. The molecule has 1 N–H and O–H groups in total. The molecule has 0 saturated carbocycles. The fourth-order valence-electron chi connectivity index (χ4n) is 0.415. The largest absolute Gasteiger partial charge is 0.337 e. The number of allylic oxidation sites excluding steroid dienone is 1. The molecule has 12 heavy (non-hydrogen) atoms. The lowest BCUT2D eigenvalue weighted by atomic mass is 10.3. The van der Waals surface area contributed by atoms with Crippen LogP contribution >= 0.6 is 23.2 Å². The molecule has 0 aromatic heterocycles. The van der Waals surface area contributed by atoms with E-state index in [9.17, 15) is 0 Å². The van der Waals surface area contributed by atoms with Crippen LogP contribution in [0.4, 0.5) is 0 Å². The van der Waals surface area contributed by atoms with Crippen LogP contribution < -0.4 is 5.32 Å². The average molecular weight is 207 g/mol. The highest BCUT2D eigenvalue weighted by molar-refractivity contribution is 6.30. The van der Waals surface area contributed by atoms with Crippen molar-refractivity contribution in [3.8, 4) is 0 Å². The molecule has 0 aliphatic heterocycles. The monoisotopic (exact) mass is 206 g/mol. The molecule has 2 nitrogen and oxygen atoms in total. The minimum absolute atomic E-state index is 0.317. The summed E-state index contributed by atoms with van der Waals surface area (Å²) in [5, 5.41) is 3.42. The number of nitrogens with one attached hydrogen (secondary N) is 1. The van der Waals surface area contributed by atoms with Crippen molar-refractivity contribution in [2.45, 2.75) is 20.3 Å². The molecule has 0 aliphatic rings. The van der Waals surface area contributed by atoms with Crippen LogP contribution in [0.25, 0.3) is 0 Å². The van der Waals surface area contributed by atoms with Crippen LogP contribution in [-0.2, 0) is 0 Å². The van der Waals surface area contributed by atoms with Gasteiger partial charge in [-0.1, -0.05) is 36.7 Å². The topological polar surface area (TPSA) is 24.4 Å². The summed E-state index contributed by atoms with van der Waals surface area (Å²) in [6.07, 6.45) is 2.30. The van der Waals surface area contributed by atoms with Gasteiger partial charge in [0, 0.05) is 0 Å². The third kappa shape index (κ3) is 5.22. The normalized spacial score (nSPS) is 13.0. The van der Waals surface area contributed by atoms with Gasteiger partial charge in [0.1, 0.15) is 5.16 Å². The van der Waals surface area contributed by atoms with Gasteiger partial charge in [0.2, 0.25) is 0 Å². The Bertz CT molecular complexity index is 219. The van der Waals surface area contributed by atoms with Crippen molar-refractivity contribution in [2.24, 2.45) is 4.99 Å². The molecular weight excluding hydrogens is 195 g/mol. The van der Waals surface area contributed by atoms with Crippen LogP contribution in [0.1, 0.15) is 20.3 Å². The van der Waals surface area contributed by atoms with Crippen LogP contribution in [0.15, 0.2) is 27.5 Å². The summed E-state index contributed by atoms with van der Waals surface area (Å²) < 4.78 is 0.